The van der Waals surface area contributed by atoms with Crippen LogP contribution < -0.4 is 15.4 Å². The van der Waals surface area contributed by atoms with E-state index in [1.54, 1.807) is 19.5 Å². The lowest BCUT2D eigenvalue weighted by molar-refractivity contribution is 0.244. The number of urea groups is 1. The van der Waals surface area contributed by atoms with Crippen LogP contribution in [0, 0.1) is 0 Å². The summed E-state index contributed by atoms with van der Waals surface area (Å²) in [5.74, 6) is 1.24. The number of rotatable bonds is 4. The Hall–Kier alpha value is -3.15. The van der Waals surface area contributed by atoms with E-state index in [2.05, 4.69) is 15.6 Å². The Morgan fingerprint density at radius 2 is 1.93 bits per heavy atom. The highest BCUT2D eigenvalue weighted by atomic mass is 16.5. The molecule has 0 radical (unpaired) electrons. The first-order valence-electron chi connectivity index (χ1n) is 9.70. The van der Waals surface area contributed by atoms with Crippen LogP contribution in [-0.4, -0.2) is 29.2 Å². The predicted molar refractivity (Wildman–Crippen MR) is 111 cm³/mol. The number of pyridine rings is 2. The maximum absolute atomic E-state index is 12.6. The molecule has 0 saturated heterocycles. The Morgan fingerprint density at radius 1 is 1.11 bits per heavy atom. The molecule has 1 saturated carbocycles. The number of carbonyl (C=O) groups excluding carboxylic acids is 1. The average molecular weight is 376 g/mol. The second kappa shape index (κ2) is 8.25. The molecule has 0 unspecified atom stereocenters. The van der Waals surface area contributed by atoms with Crippen LogP contribution in [0.4, 0.5) is 10.6 Å². The van der Waals surface area contributed by atoms with E-state index >= 15 is 0 Å². The van der Waals surface area contributed by atoms with Gasteiger partial charge >= 0.3 is 6.03 Å². The molecule has 6 heteroatoms. The summed E-state index contributed by atoms with van der Waals surface area (Å²) in [5, 5.41) is 6.96. The quantitative estimate of drug-likeness (QED) is 0.688. The van der Waals surface area contributed by atoms with Crippen LogP contribution in [0.1, 0.15) is 32.1 Å². The second-order valence-corrected chi connectivity index (χ2v) is 7.09. The minimum Gasteiger partial charge on any atom is -0.496 e. The number of benzene rings is 1. The van der Waals surface area contributed by atoms with E-state index in [1.807, 2.05) is 36.4 Å². The molecule has 0 atom stereocenters. The van der Waals surface area contributed by atoms with Crippen molar-refractivity contribution >= 4 is 22.8 Å². The molecule has 144 valence electrons. The van der Waals surface area contributed by atoms with Crippen molar-refractivity contribution in [3.63, 3.8) is 0 Å². The van der Waals surface area contributed by atoms with Gasteiger partial charge in [-0.25, -0.2) is 9.78 Å². The van der Waals surface area contributed by atoms with Gasteiger partial charge in [-0.2, -0.15) is 0 Å². The molecule has 28 heavy (non-hydrogen) atoms. The third kappa shape index (κ3) is 3.91. The van der Waals surface area contributed by atoms with Crippen LogP contribution in [0.3, 0.4) is 0 Å². The summed E-state index contributed by atoms with van der Waals surface area (Å²) >= 11 is 0. The van der Waals surface area contributed by atoms with Crippen LogP contribution in [0.15, 0.2) is 48.8 Å². The molecule has 2 heterocycles. The normalized spacial score (nSPS) is 14.6. The van der Waals surface area contributed by atoms with Crippen molar-refractivity contribution in [1.82, 2.24) is 15.3 Å². The van der Waals surface area contributed by atoms with Crippen LogP contribution in [0.5, 0.6) is 5.75 Å². The Bertz CT molecular complexity index is 983. The lowest BCUT2D eigenvalue weighted by atomic mass is 9.96. The lowest BCUT2D eigenvalue weighted by Crippen LogP contribution is -2.39. The van der Waals surface area contributed by atoms with Crippen LogP contribution in [0.25, 0.3) is 22.0 Å². The molecule has 1 aliphatic carbocycles. The van der Waals surface area contributed by atoms with Gasteiger partial charge < -0.3 is 10.1 Å². The minimum atomic E-state index is -0.219. The van der Waals surface area contributed by atoms with Gasteiger partial charge in [0.25, 0.3) is 0 Å². The number of amides is 2. The van der Waals surface area contributed by atoms with E-state index in [0.717, 1.165) is 40.6 Å². The summed E-state index contributed by atoms with van der Waals surface area (Å²) in [7, 11) is 1.64. The molecule has 2 amide bonds. The van der Waals surface area contributed by atoms with Crippen molar-refractivity contribution in [3.8, 4) is 16.9 Å². The summed E-state index contributed by atoms with van der Waals surface area (Å²) in [4.78, 5) is 21.5. The molecule has 0 bridgehead atoms. The molecule has 4 rings (SSSR count). The van der Waals surface area contributed by atoms with Gasteiger partial charge in [0.2, 0.25) is 0 Å². The zero-order valence-corrected chi connectivity index (χ0v) is 15.9. The third-order valence-corrected chi connectivity index (χ3v) is 5.18. The highest BCUT2D eigenvalue weighted by Gasteiger charge is 2.19. The molecule has 1 aromatic carbocycles. The SMILES string of the molecule is COc1ccccc1-c1cc2cnccc2nc1NC(=O)NC1CCCCC1. The van der Waals surface area contributed by atoms with Crippen molar-refractivity contribution in [2.24, 2.45) is 0 Å². The zero-order valence-electron chi connectivity index (χ0n) is 15.9. The van der Waals surface area contributed by atoms with Crippen molar-refractivity contribution in [1.29, 1.82) is 0 Å². The molecule has 3 aromatic rings. The highest BCUT2D eigenvalue weighted by molar-refractivity contribution is 5.97. The first-order chi connectivity index (χ1) is 13.7. The minimum absolute atomic E-state index is 0.219. The number of hydrogen-bond donors (Lipinski definition) is 2. The molecular weight excluding hydrogens is 352 g/mol. The fraction of sp³-hybridized carbons (Fsp3) is 0.318. The standard InChI is InChI=1S/C22H24N4O2/c1-28-20-10-6-5-9-17(20)18-13-15-14-23-12-11-19(15)25-21(18)26-22(27)24-16-7-3-2-4-8-16/h5-6,9-14,16H,2-4,7-8H2,1H3,(H2,24,25,26,27). The van der Waals surface area contributed by atoms with Crippen LogP contribution >= 0.6 is 0 Å². The number of ether oxygens (including phenoxy) is 1. The fourth-order valence-electron chi connectivity index (χ4n) is 3.76. The monoisotopic (exact) mass is 376 g/mol. The van der Waals surface area contributed by atoms with E-state index in [0.29, 0.717) is 5.82 Å². The van der Waals surface area contributed by atoms with Gasteiger partial charge in [-0.05, 0) is 31.0 Å². The molecule has 2 N–H and O–H groups in total. The molecule has 1 aliphatic rings. The fourth-order valence-corrected chi connectivity index (χ4v) is 3.76. The van der Waals surface area contributed by atoms with Crippen LogP contribution in [0.2, 0.25) is 0 Å². The van der Waals surface area contributed by atoms with Gasteiger partial charge in [0.1, 0.15) is 11.6 Å². The van der Waals surface area contributed by atoms with Crippen molar-refractivity contribution in [2.75, 3.05) is 12.4 Å². The molecule has 6 nitrogen and oxygen atoms in total. The van der Waals surface area contributed by atoms with Crippen molar-refractivity contribution in [3.05, 3.63) is 48.8 Å². The first kappa shape index (κ1) is 18.2. The van der Waals surface area contributed by atoms with Gasteiger partial charge in [0.15, 0.2) is 0 Å². The summed E-state index contributed by atoms with van der Waals surface area (Å²) in [6, 6.07) is 11.6. The molecule has 2 aromatic heterocycles. The lowest BCUT2D eigenvalue weighted by Gasteiger charge is -2.23. The molecule has 0 aliphatic heterocycles. The molecular formula is C22H24N4O2. The highest BCUT2D eigenvalue weighted by Crippen LogP contribution is 2.35. The van der Waals surface area contributed by atoms with E-state index in [1.165, 1.54) is 19.3 Å². The largest absolute Gasteiger partial charge is 0.496 e. The molecule has 1 fully saturated rings. The number of nitrogens with one attached hydrogen (secondary N) is 2. The smallest absolute Gasteiger partial charge is 0.320 e. The van der Waals surface area contributed by atoms with E-state index < -0.39 is 0 Å². The van der Waals surface area contributed by atoms with E-state index in [4.69, 9.17) is 9.72 Å². The van der Waals surface area contributed by atoms with Crippen molar-refractivity contribution in [2.45, 2.75) is 38.1 Å². The Balaban J connectivity index is 1.70. The average Bonchev–Trinajstić information content (AvgIpc) is 2.74. The van der Waals surface area contributed by atoms with Crippen LogP contribution in [-0.2, 0) is 0 Å². The van der Waals surface area contributed by atoms with Gasteiger partial charge in [-0.15, -0.1) is 0 Å². The number of anilines is 1. The van der Waals surface area contributed by atoms with E-state index in [-0.39, 0.29) is 12.1 Å². The Kier molecular flexibility index (Phi) is 5.37. The Labute approximate surface area is 164 Å². The zero-order chi connectivity index (χ0) is 19.3. The van der Waals surface area contributed by atoms with Gasteiger partial charge in [-0.1, -0.05) is 37.5 Å². The second-order valence-electron chi connectivity index (χ2n) is 7.09. The van der Waals surface area contributed by atoms with Gasteiger partial charge in [0, 0.05) is 34.9 Å². The number of para-hydroxylation sites is 1. The third-order valence-electron chi connectivity index (χ3n) is 5.18. The first-order valence-corrected chi connectivity index (χ1v) is 9.70. The topological polar surface area (TPSA) is 76.1 Å². The number of aromatic nitrogens is 2. The summed E-state index contributed by atoms with van der Waals surface area (Å²) in [6.07, 6.45) is 9.11. The molecule has 0 spiro atoms. The maximum atomic E-state index is 12.6. The number of nitrogens with zero attached hydrogens (tertiary/aromatic N) is 2. The number of hydrogen-bond acceptors (Lipinski definition) is 4. The maximum Gasteiger partial charge on any atom is 0.320 e. The Morgan fingerprint density at radius 3 is 2.75 bits per heavy atom. The number of methoxy groups -OCH3 is 1. The van der Waals surface area contributed by atoms with Gasteiger partial charge in [-0.3, -0.25) is 10.3 Å². The number of fused-ring (bicyclic) bond motifs is 1. The van der Waals surface area contributed by atoms with Crippen molar-refractivity contribution < 1.29 is 9.53 Å². The predicted octanol–water partition coefficient (Wildman–Crippen LogP) is 4.76. The van der Waals surface area contributed by atoms with E-state index in [9.17, 15) is 4.79 Å². The summed E-state index contributed by atoms with van der Waals surface area (Å²) in [6.45, 7) is 0. The summed E-state index contributed by atoms with van der Waals surface area (Å²) in [5.41, 5.74) is 2.45. The number of carbonyl (C=O) groups is 1. The summed E-state index contributed by atoms with van der Waals surface area (Å²) < 4.78 is 5.52. The van der Waals surface area contributed by atoms with Gasteiger partial charge in [0.05, 0.1) is 12.6 Å².